The molecular formula is C20H16ClN3O3. The first-order chi connectivity index (χ1) is 13.1. The topological polar surface area (TPSA) is 80.3 Å². The van der Waals surface area contributed by atoms with Gasteiger partial charge in [-0.15, -0.1) is 0 Å². The Bertz CT molecular complexity index is 960. The van der Waals surface area contributed by atoms with Crippen molar-refractivity contribution in [2.45, 2.75) is 0 Å². The second-order valence-electron chi connectivity index (χ2n) is 5.56. The quantitative estimate of drug-likeness (QED) is 0.635. The van der Waals surface area contributed by atoms with E-state index < -0.39 is 5.97 Å². The molecule has 0 spiro atoms. The van der Waals surface area contributed by atoms with Gasteiger partial charge in [0.1, 0.15) is 5.69 Å². The maximum Gasteiger partial charge on any atom is 0.337 e. The number of hydrogen-bond donors (Lipinski definition) is 2. The van der Waals surface area contributed by atoms with E-state index in [2.05, 4.69) is 15.6 Å². The van der Waals surface area contributed by atoms with Crippen molar-refractivity contribution in [3.8, 4) is 0 Å². The first-order valence-electron chi connectivity index (χ1n) is 8.04. The van der Waals surface area contributed by atoms with Crippen molar-refractivity contribution in [1.29, 1.82) is 0 Å². The molecule has 0 unspecified atom stereocenters. The van der Waals surface area contributed by atoms with Crippen LogP contribution >= 0.6 is 11.6 Å². The van der Waals surface area contributed by atoms with Gasteiger partial charge < -0.3 is 15.4 Å². The Balaban J connectivity index is 1.72. The molecule has 0 saturated heterocycles. The number of methoxy groups -OCH3 is 1. The van der Waals surface area contributed by atoms with Crippen LogP contribution in [-0.2, 0) is 4.74 Å². The lowest BCUT2D eigenvalue weighted by Gasteiger charge is -2.10. The van der Waals surface area contributed by atoms with E-state index in [1.54, 1.807) is 42.5 Å². The number of amides is 1. The molecular weight excluding hydrogens is 366 g/mol. The number of halogens is 1. The standard InChI is InChI=1S/C20H16ClN3O3/c1-27-20(26)13-7-9-16(21)18(11-13)23-15-8-10-17(22-12-15)19(25)24-14-5-3-2-4-6-14/h2-12,23H,1H3,(H,24,25). The summed E-state index contributed by atoms with van der Waals surface area (Å²) in [7, 11) is 1.31. The van der Waals surface area contributed by atoms with Crippen LogP contribution in [0.25, 0.3) is 0 Å². The fraction of sp³-hybridized carbons (Fsp3) is 0.0500. The summed E-state index contributed by atoms with van der Waals surface area (Å²) < 4.78 is 4.71. The largest absolute Gasteiger partial charge is 0.465 e. The van der Waals surface area contributed by atoms with Crippen molar-refractivity contribution >= 4 is 40.5 Å². The second kappa shape index (κ2) is 8.33. The molecule has 0 aliphatic heterocycles. The molecule has 136 valence electrons. The summed E-state index contributed by atoms with van der Waals surface area (Å²) in [4.78, 5) is 28.0. The maximum absolute atomic E-state index is 12.2. The molecule has 1 heterocycles. The van der Waals surface area contributed by atoms with Gasteiger partial charge in [0, 0.05) is 5.69 Å². The average molecular weight is 382 g/mol. The van der Waals surface area contributed by atoms with E-state index in [0.29, 0.717) is 27.6 Å². The molecule has 2 aromatic carbocycles. The van der Waals surface area contributed by atoms with E-state index in [9.17, 15) is 9.59 Å². The summed E-state index contributed by atoms with van der Waals surface area (Å²) >= 11 is 6.17. The van der Waals surface area contributed by atoms with Gasteiger partial charge in [-0.05, 0) is 42.5 Å². The minimum Gasteiger partial charge on any atom is -0.465 e. The fourth-order valence-corrected chi connectivity index (χ4v) is 2.50. The Morgan fingerprint density at radius 3 is 2.44 bits per heavy atom. The van der Waals surface area contributed by atoms with Gasteiger partial charge in [0.05, 0.1) is 35.3 Å². The number of esters is 1. The maximum atomic E-state index is 12.2. The van der Waals surface area contributed by atoms with E-state index in [0.717, 1.165) is 0 Å². The highest BCUT2D eigenvalue weighted by molar-refractivity contribution is 6.33. The number of ether oxygens (including phenoxy) is 1. The summed E-state index contributed by atoms with van der Waals surface area (Å²) in [6.45, 7) is 0. The van der Waals surface area contributed by atoms with Gasteiger partial charge in [0.2, 0.25) is 0 Å². The minimum absolute atomic E-state index is 0.277. The third-order valence-electron chi connectivity index (χ3n) is 3.69. The summed E-state index contributed by atoms with van der Waals surface area (Å²) in [5, 5.41) is 6.28. The molecule has 7 heteroatoms. The van der Waals surface area contributed by atoms with Gasteiger partial charge in [-0.2, -0.15) is 0 Å². The number of carbonyl (C=O) groups is 2. The molecule has 27 heavy (non-hydrogen) atoms. The number of carbonyl (C=O) groups excluding carboxylic acids is 2. The Kier molecular flexibility index (Phi) is 5.68. The number of aromatic nitrogens is 1. The zero-order chi connectivity index (χ0) is 19.2. The SMILES string of the molecule is COC(=O)c1ccc(Cl)c(Nc2ccc(C(=O)Nc3ccccc3)nc2)c1. The monoisotopic (exact) mass is 381 g/mol. The molecule has 0 fully saturated rings. The Labute approximate surface area is 161 Å². The summed E-state index contributed by atoms with van der Waals surface area (Å²) in [5.41, 5.74) is 2.49. The molecule has 1 aromatic heterocycles. The molecule has 0 aliphatic carbocycles. The lowest BCUT2D eigenvalue weighted by atomic mass is 10.2. The molecule has 2 N–H and O–H groups in total. The van der Waals surface area contributed by atoms with Crippen molar-refractivity contribution in [3.05, 3.63) is 83.1 Å². The van der Waals surface area contributed by atoms with Gasteiger partial charge in [-0.1, -0.05) is 29.8 Å². The van der Waals surface area contributed by atoms with Crippen LogP contribution in [0.3, 0.4) is 0 Å². The lowest BCUT2D eigenvalue weighted by Crippen LogP contribution is -2.13. The molecule has 3 rings (SSSR count). The Hall–Kier alpha value is -3.38. The van der Waals surface area contributed by atoms with Crippen molar-refractivity contribution in [2.75, 3.05) is 17.7 Å². The number of hydrogen-bond acceptors (Lipinski definition) is 5. The minimum atomic E-state index is -0.458. The Morgan fingerprint density at radius 1 is 1.00 bits per heavy atom. The van der Waals surface area contributed by atoms with Crippen LogP contribution in [0.2, 0.25) is 5.02 Å². The highest BCUT2D eigenvalue weighted by Gasteiger charge is 2.11. The third kappa shape index (κ3) is 4.62. The first-order valence-corrected chi connectivity index (χ1v) is 8.42. The Morgan fingerprint density at radius 2 is 1.78 bits per heavy atom. The van der Waals surface area contributed by atoms with Crippen LogP contribution in [0.15, 0.2) is 66.9 Å². The molecule has 1 amide bonds. The van der Waals surface area contributed by atoms with Crippen molar-refractivity contribution in [3.63, 3.8) is 0 Å². The summed E-state index contributed by atoms with van der Waals surface area (Å²) in [6, 6.07) is 17.2. The van der Waals surface area contributed by atoms with Crippen molar-refractivity contribution in [2.24, 2.45) is 0 Å². The normalized spacial score (nSPS) is 10.1. The lowest BCUT2D eigenvalue weighted by molar-refractivity contribution is 0.0600. The van der Waals surface area contributed by atoms with Crippen LogP contribution in [0.1, 0.15) is 20.8 Å². The highest BCUT2D eigenvalue weighted by atomic mass is 35.5. The molecule has 0 radical (unpaired) electrons. The van der Waals surface area contributed by atoms with Crippen LogP contribution in [0, 0.1) is 0 Å². The average Bonchev–Trinajstić information content (AvgIpc) is 2.70. The molecule has 0 bridgehead atoms. The van der Waals surface area contributed by atoms with Crippen LogP contribution in [0.4, 0.5) is 17.1 Å². The fourth-order valence-electron chi connectivity index (χ4n) is 2.34. The van der Waals surface area contributed by atoms with Crippen LogP contribution in [-0.4, -0.2) is 24.0 Å². The number of nitrogens with one attached hydrogen (secondary N) is 2. The van der Waals surface area contributed by atoms with E-state index in [1.165, 1.54) is 13.3 Å². The van der Waals surface area contributed by atoms with Gasteiger partial charge in [0.25, 0.3) is 5.91 Å². The van der Waals surface area contributed by atoms with Crippen molar-refractivity contribution in [1.82, 2.24) is 4.98 Å². The van der Waals surface area contributed by atoms with Gasteiger partial charge >= 0.3 is 5.97 Å². The van der Waals surface area contributed by atoms with E-state index in [-0.39, 0.29) is 11.6 Å². The molecule has 0 saturated carbocycles. The number of benzene rings is 2. The zero-order valence-electron chi connectivity index (χ0n) is 14.4. The second-order valence-corrected chi connectivity index (χ2v) is 5.97. The van der Waals surface area contributed by atoms with E-state index >= 15 is 0 Å². The molecule has 3 aromatic rings. The van der Waals surface area contributed by atoms with Gasteiger partial charge in [0.15, 0.2) is 0 Å². The summed E-state index contributed by atoms with van der Waals surface area (Å²) in [6.07, 6.45) is 1.51. The van der Waals surface area contributed by atoms with Crippen molar-refractivity contribution < 1.29 is 14.3 Å². The van der Waals surface area contributed by atoms with Crippen LogP contribution < -0.4 is 10.6 Å². The highest BCUT2D eigenvalue weighted by Crippen LogP contribution is 2.26. The third-order valence-corrected chi connectivity index (χ3v) is 4.02. The van der Waals surface area contributed by atoms with Gasteiger partial charge in [-0.3, -0.25) is 4.79 Å². The predicted octanol–water partition coefficient (Wildman–Crippen LogP) is 4.52. The predicted molar refractivity (Wildman–Crippen MR) is 105 cm³/mol. The molecule has 0 aliphatic rings. The first kappa shape index (κ1) is 18.4. The van der Waals surface area contributed by atoms with Crippen LogP contribution in [0.5, 0.6) is 0 Å². The van der Waals surface area contributed by atoms with E-state index in [1.807, 2.05) is 18.2 Å². The van der Waals surface area contributed by atoms with E-state index in [4.69, 9.17) is 16.3 Å². The number of anilines is 3. The molecule has 0 atom stereocenters. The number of nitrogens with zero attached hydrogens (tertiary/aromatic N) is 1. The number of para-hydroxylation sites is 1. The summed E-state index contributed by atoms with van der Waals surface area (Å²) in [5.74, 6) is -0.765. The number of pyridine rings is 1. The van der Waals surface area contributed by atoms with Gasteiger partial charge in [-0.25, -0.2) is 9.78 Å². The molecule has 6 nitrogen and oxygen atoms in total. The zero-order valence-corrected chi connectivity index (χ0v) is 15.2. The number of rotatable bonds is 5. The smallest absolute Gasteiger partial charge is 0.337 e.